The molecule has 0 bridgehead atoms. The number of amides is 3. The number of carboxylic acid groups (broad SMARTS) is 1. The first-order valence-electron chi connectivity index (χ1n) is 12.8. The largest absolute Gasteiger partial charge is 0.478 e. The number of carbonyl (C=O) groups excluding carboxylic acids is 3. The molecule has 2 atom stereocenters. The molecule has 1 fully saturated rings. The zero-order valence-electron chi connectivity index (χ0n) is 21.4. The normalized spacial score (nSPS) is 18.7. The summed E-state index contributed by atoms with van der Waals surface area (Å²) in [6.45, 7) is 5.10. The molecule has 2 aliphatic rings. The lowest BCUT2D eigenvalue weighted by molar-refractivity contribution is -0.130. The lowest BCUT2D eigenvalue weighted by Crippen LogP contribution is -2.43. The van der Waals surface area contributed by atoms with Crippen molar-refractivity contribution in [2.24, 2.45) is 5.92 Å². The minimum atomic E-state index is -0.971. The molecule has 1 aliphatic heterocycles. The third-order valence-corrected chi connectivity index (χ3v) is 7.57. The van der Waals surface area contributed by atoms with Gasteiger partial charge in [-0.1, -0.05) is 6.07 Å². The summed E-state index contributed by atoms with van der Waals surface area (Å²) in [4.78, 5) is 55.8. The zero-order valence-corrected chi connectivity index (χ0v) is 21.4. The Kier molecular flexibility index (Phi) is 6.83. The first-order valence-corrected chi connectivity index (χ1v) is 12.8. The van der Waals surface area contributed by atoms with Gasteiger partial charge in [0, 0.05) is 38.7 Å². The van der Waals surface area contributed by atoms with Gasteiger partial charge in [0.25, 0.3) is 11.8 Å². The number of nitrogens with zero attached hydrogens (tertiary/aromatic N) is 4. The van der Waals surface area contributed by atoms with Crippen molar-refractivity contribution >= 4 is 29.3 Å². The van der Waals surface area contributed by atoms with Crippen LogP contribution < -0.4 is 10.6 Å². The Labute approximate surface area is 219 Å². The number of rotatable bonds is 6. The molecule has 3 aromatic rings. The van der Waals surface area contributed by atoms with Gasteiger partial charge in [0.2, 0.25) is 5.91 Å². The fourth-order valence-electron chi connectivity index (χ4n) is 5.53. The van der Waals surface area contributed by atoms with Crippen LogP contribution in [0.2, 0.25) is 0 Å². The second kappa shape index (κ2) is 10.2. The van der Waals surface area contributed by atoms with E-state index in [4.69, 9.17) is 0 Å². The molecule has 1 saturated heterocycles. The predicted octanol–water partition coefficient (Wildman–Crippen LogP) is 2.14. The molecule has 3 heterocycles. The Hall–Kier alpha value is -4.28. The Bertz CT molecular complexity index is 1450. The number of aromatic nitrogens is 3. The molecule has 1 aromatic carbocycles. The van der Waals surface area contributed by atoms with Crippen LogP contribution in [-0.4, -0.2) is 67.9 Å². The third kappa shape index (κ3) is 4.83. The molecule has 198 valence electrons. The van der Waals surface area contributed by atoms with Crippen LogP contribution in [0, 0.1) is 12.8 Å². The van der Waals surface area contributed by atoms with Crippen LogP contribution in [0.4, 0.5) is 0 Å². The van der Waals surface area contributed by atoms with Gasteiger partial charge in [-0.25, -0.2) is 14.3 Å². The molecule has 5 rings (SSSR count). The number of aromatic carboxylic acids is 1. The van der Waals surface area contributed by atoms with Gasteiger partial charge in [-0.15, -0.1) is 0 Å². The fourth-order valence-corrected chi connectivity index (χ4v) is 5.53. The van der Waals surface area contributed by atoms with Crippen LogP contribution in [0.1, 0.15) is 80.3 Å². The second-order valence-electron chi connectivity index (χ2n) is 9.99. The van der Waals surface area contributed by atoms with E-state index in [0.29, 0.717) is 37.1 Å². The molecule has 38 heavy (non-hydrogen) atoms. The summed E-state index contributed by atoms with van der Waals surface area (Å²) in [5.74, 6) is -1.58. The fraction of sp³-hybridized carbons (Fsp3) is 0.407. The van der Waals surface area contributed by atoms with Gasteiger partial charge < -0.3 is 20.6 Å². The van der Waals surface area contributed by atoms with Gasteiger partial charge in [-0.2, -0.15) is 5.10 Å². The number of hydrogen-bond donors (Lipinski definition) is 3. The van der Waals surface area contributed by atoms with Crippen molar-refractivity contribution in [3.8, 4) is 0 Å². The highest BCUT2D eigenvalue weighted by Gasteiger charge is 2.29. The average Bonchev–Trinajstić information content (AvgIpc) is 3.54. The Balaban J connectivity index is 1.33. The van der Waals surface area contributed by atoms with Crippen molar-refractivity contribution in [1.82, 2.24) is 30.1 Å². The maximum absolute atomic E-state index is 13.4. The molecule has 1 unspecified atom stereocenters. The lowest BCUT2D eigenvalue weighted by atomic mass is 9.98. The minimum absolute atomic E-state index is 0.0342. The molecule has 2 aromatic heterocycles. The van der Waals surface area contributed by atoms with Crippen LogP contribution in [0.5, 0.6) is 0 Å². The summed E-state index contributed by atoms with van der Waals surface area (Å²) in [5.41, 5.74) is 3.48. The van der Waals surface area contributed by atoms with Gasteiger partial charge in [-0.3, -0.25) is 14.4 Å². The number of hydrogen-bond acceptors (Lipinski definition) is 6. The molecule has 0 radical (unpaired) electrons. The number of fused-ring (bicyclic) bond motifs is 2. The van der Waals surface area contributed by atoms with Crippen LogP contribution in [0.3, 0.4) is 0 Å². The van der Waals surface area contributed by atoms with Gasteiger partial charge in [0.05, 0.1) is 17.8 Å². The van der Waals surface area contributed by atoms with Gasteiger partial charge in [-0.05, 0) is 61.3 Å². The van der Waals surface area contributed by atoms with Crippen LogP contribution >= 0.6 is 0 Å². The van der Waals surface area contributed by atoms with Crippen molar-refractivity contribution in [2.45, 2.75) is 45.6 Å². The quantitative estimate of drug-likeness (QED) is 0.453. The second-order valence-corrected chi connectivity index (χ2v) is 9.99. The molecule has 1 aliphatic carbocycles. The molecule has 3 amide bonds. The smallest absolute Gasteiger partial charge is 0.335 e. The van der Waals surface area contributed by atoms with Crippen molar-refractivity contribution in [2.75, 3.05) is 19.6 Å². The van der Waals surface area contributed by atoms with Crippen LogP contribution in [0.25, 0.3) is 5.65 Å². The number of nitrogens with one attached hydrogen (secondary N) is 2. The van der Waals surface area contributed by atoms with Crippen molar-refractivity contribution < 1.29 is 24.3 Å². The highest BCUT2D eigenvalue weighted by Crippen LogP contribution is 2.35. The van der Waals surface area contributed by atoms with Gasteiger partial charge in [0.1, 0.15) is 11.4 Å². The summed E-state index contributed by atoms with van der Waals surface area (Å²) in [5, 5.41) is 19.6. The van der Waals surface area contributed by atoms with Crippen LogP contribution in [-0.2, 0) is 11.2 Å². The summed E-state index contributed by atoms with van der Waals surface area (Å²) in [6, 6.07) is 6.11. The molecular formula is C27H30N6O5. The van der Waals surface area contributed by atoms with E-state index in [9.17, 15) is 24.3 Å². The van der Waals surface area contributed by atoms with E-state index < -0.39 is 17.8 Å². The van der Waals surface area contributed by atoms with Crippen molar-refractivity contribution in [3.63, 3.8) is 0 Å². The summed E-state index contributed by atoms with van der Waals surface area (Å²) >= 11 is 0. The zero-order chi connectivity index (χ0) is 27.0. The topological polar surface area (TPSA) is 146 Å². The van der Waals surface area contributed by atoms with E-state index in [2.05, 4.69) is 20.7 Å². The van der Waals surface area contributed by atoms with Crippen molar-refractivity contribution in [3.05, 3.63) is 64.1 Å². The molecule has 3 N–H and O–H groups in total. The van der Waals surface area contributed by atoms with E-state index in [1.54, 1.807) is 36.9 Å². The first kappa shape index (κ1) is 25.4. The lowest BCUT2D eigenvalue weighted by Gasteiger charge is -2.32. The van der Waals surface area contributed by atoms with E-state index >= 15 is 0 Å². The van der Waals surface area contributed by atoms with Gasteiger partial charge in [0.15, 0.2) is 5.65 Å². The Morgan fingerprint density at radius 1 is 1.13 bits per heavy atom. The summed E-state index contributed by atoms with van der Waals surface area (Å²) < 4.78 is 1.40. The summed E-state index contributed by atoms with van der Waals surface area (Å²) in [6.07, 6.45) is 4.64. The number of benzene rings is 1. The number of carbonyl (C=O) groups is 4. The molecule has 0 saturated carbocycles. The Morgan fingerprint density at radius 3 is 2.71 bits per heavy atom. The van der Waals surface area contributed by atoms with E-state index in [1.165, 1.54) is 16.8 Å². The number of piperidine rings is 1. The summed E-state index contributed by atoms with van der Waals surface area (Å²) in [7, 11) is 0. The molecule has 11 heteroatoms. The highest BCUT2D eigenvalue weighted by atomic mass is 16.4. The van der Waals surface area contributed by atoms with E-state index in [0.717, 1.165) is 30.5 Å². The number of carboxylic acids is 1. The molecular weight excluding hydrogens is 488 g/mol. The van der Waals surface area contributed by atoms with E-state index in [-0.39, 0.29) is 34.8 Å². The first-order chi connectivity index (χ1) is 18.2. The SMILES string of the molecule is CC(=O)N1CCCC(CNC(=O)c2cc(C(=O)N[C@H]3CCc4c3ccc(C(=O)O)c4C)n3nccc3n2)C1. The Morgan fingerprint density at radius 2 is 1.95 bits per heavy atom. The maximum Gasteiger partial charge on any atom is 0.335 e. The molecule has 0 spiro atoms. The van der Waals surface area contributed by atoms with Crippen LogP contribution in [0.15, 0.2) is 30.5 Å². The minimum Gasteiger partial charge on any atom is -0.478 e. The van der Waals surface area contributed by atoms with Crippen molar-refractivity contribution in [1.29, 1.82) is 0 Å². The highest BCUT2D eigenvalue weighted by molar-refractivity contribution is 5.98. The monoisotopic (exact) mass is 518 g/mol. The van der Waals surface area contributed by atoms with E-state index in [1.807, 2.05) is 0 Å². The maximum atomic E-state index is 13.4. The number of likely N-dealkylation sites (tertiary alicyclic amines) is 1. The average molecular weight is 519 g/mol. The third-order valence-electron chi connectivity index (χ3n) is 7.57. The predicted molar refractivity (Wildman–Crippen MR) is 137 cm³/mol. The molecule has 11 nitrogen and oxygen atoms in total. The van der Waals surface area contributed by atoms with Gasteiger partial charge >= 0.3 is 5.97 Å². The standard InChI is InChI=1S/C27H30N6O5/c1-15-18-7-8-21(20(18)6-5-19(15)27(37)38)31-26(36)23-12-22(30-24-9-10-29-33(23)24)25(35)28-13-17-4-3-11-32(14-17)16(2)34/h5-6,9-10,12,17,21H,3-4,7-8,11,13-14H2,1-2H3,(H,28,35)(H,31,36)(H,37,38)/t17?,21-/m0/s1.